The molecular formula is C21H33N3O3. The number of aromatic nitrogens is 2. The molecule has 2 rings (SSSR count). The normalized spacial score (nSPS) is 10.5. The Bertz CT molecular complexity index is 698. The molecule has 1 heterocycles. The van der Waals surface area contributed by atoms with Gasteiger partial charge in [-0.15, -0.1) is 0 Å². The number of amides is 1. The van der Waals surface area contributed by atoms with E-state index in [2.05, 4.69) is 58.3 Å². The third-order valence-electron chi connectivity index (χ3n) is 4.35. The highest BCUT2D eigenvalue weighted by atomic mass is 16.7. The lowest BCUT2D eigenvalue weighted by atomic mass is 9.95. The quantitative estimate of drug-likeness (QED) is 0.567. The zero-order valence-corrected chi connectivity index (χ0v) is 17.6. The van der Waals surface area contributed by atoms with Crippen molar-refractivity contribution in [3.63, 3.8) is 0 Å². The maximum Gasteiger partial charge on any atom is 0.207 e. The molecule has 0 atom stereocenters. The van der Waals surface area contributed by atoms with Gasteiger partial charge in [-0.1, -0.05) is 24.6 Å². The average Bonchev–Trinajstić information content (AvgIpc) is 3.05. The Hall–Kier alpha value is -2.18. The van der Waals surface area contributed by atoms with Gasteiger partial charge in [0.15, 0.2) is 6.29 Å². The Balaban J connectivity index is 0.000000345. The number of hydrogen-bond acceptors (Lipinski definition) is 4. The van der Waals surface area contributed by atoms with Crippen molar-refractivity contribution >= 4 is 6.41 Å². The number of aryl methyl sites for hydroxylation is 5. The van der Waals surface area contributed by atoms with Crippen molar-refractivity contribution in [3.8, 4) is 11.3 Å². The van der Waals surface area contributed by atoms with Crippen molar-refractivity contribution < 1.29 is 14.3 Å². The summed E-state index contributed by atoms with van der Waals surface area (Å²) in [6.07, 6.45) is 3.47. The fourth-order valence-corrected chi connectivity index (χ4v) is 3.05. The van der Waals surface area contributed by atoms with Crippen LogP contribution in [0.3, 0.4) is 0 Å². The van der Waals surface area contributed by atoms with Gasteiger partial charge in [-0.2, -0.15) is 5.10 Å². The van der Waals surface area contributed by atoms with Crippen LogP contribution in [0.2, 0.25) is 0 Å². The molecule has 0 radical (unpaired) electrons. The lowest BCUT2D eigenvalue weighted by molar-refractivity contribution is -0.117. The summed E-state index contributed by atoms with van der Waals surface area (Å²) in [5, 5.41) is 7.16. The van der Waals surface area contributed by atoms with Crippen molar-refractivity contribution in [2.24, 2.45) is 0 Å². The summed E-state index contributed by atoms with van der Waals surface area (Å²) in [4.78, 5) is 9.72. The SMILES string of the molecule is CCc1cn(CC)nc1-c1c(C)cc(C)cc1C.COC(CNC=O)OC. The lowest BCUT2D eigenvalue weighted by Gasteiger charge is -2.10. The molecule has 0 saturated heterocycles. The molecule has 6 heteroatoms. The smallest absolute Gasteiger partial charge is 0.207 e. The fourth-order valence-electron chi connectivity index (χ4n) is 3.05. The minimum Gasteiger partial charge on any atom is -0.354 e. The first-order valence-corrected chi connectivity index (χ1v) is 9.28. The number of nitrogens with one attached hydrogen (secondary N) is 1. The van der Waals surface area contributed by atoms with Crippen LogP contribution < -0.4 is 5.32 Å². The van der Waals surface area contributed by atoms with Gasteiger partial charge >= 0.3 is 0 Å². The molecular weight excluding hydrogens is 342 g/mol. The molecule has 0 bridgehead atoms. The van der Waals surface area contributed by atoms with E-state index in [0.29, 0.717) is 13.0 Å². The van der Waals surface area contributed by atoms with Crippen LogP contribution in [-0.2, 0) is 27.2 Å². The molecule has 0 aliphatic rings. The summed E-state index contributed by atoms with van der Waals surface area (Å²) in [5.74, 6) is 0. The van der Waals surface area contributed by atoms with Crippen molar-refractivity contribution in [2.45, 2.75) is 53.9 Å². The Morgan fingerprint density at radius 3 is 2.19 bits per heavy atom. The minimum atomic E-state index is -0.338. The van der Waals surface area contributed by atoms with Gasteiger partial charge in [0.1, 0.15) is 0 Å². The van der Waals surface area contributed by atoms with E-state index in [0.717, 1.165) is 18.7 Å². The zero-order chi connectivity index (χ0) is 20.4. The molecule has 0 aliphatic carbocycles. The van der Waals surface area contributed by atoms with E-state index in [1.54, 1.807) is 0 Å². The predicted molar refractivity (Wildman–Crippen MR) is 109 cm³/mol. The highest BCUT2D eigenvalue weighted by molar-refractivity contribution is 5.70. The summed E-state index contributed by atoms with van der Waals surface area (Å²) >= 11 is 0. The van der Waals surface area contributed by atoms with Crippen molar-refractivity contribution in [3.05, 3.63) is 40.6 Å². The number of benzene rings is 1. The van der Waals surface area contributed by atoms with Gasteiger partial charge in [0, 0.05) is 32.5 Å². The number of methoxy groups -OCH3 is 2. The van der Waals surface area contributed by atoms with Crippen LogP contribution in [0.5, 0.6) is 0 Å². The second-order valence-electron chi connectivity index (χ2n) is 6.41. The van der Waals surface area contributed by atoms with Crippen LogP contribution in [-0.4, -0.2) is 43.2 Å². The Morgan fingerprint density at radius 2 is 1.74 bits per heavy atom. The molecule has 1 aromatic carbocycles. The van der Waals surface area contributed by atoms with Crippen LogP contribution in [0.4, 0.5) is 0 Å². The number of carbonyl (C=O) groups is 1. The zero-order valence-electron chi connectivity index (χ0n) is 17.6. The van der Waals surface area contributed by atoms with E-state index in [4.69, 9.17) is 14.6 Å². The van der Waals surface area contributed by atoms with Crippen LogP contribution in [0.1, 0.15) is 36.1 Å². The first-order chi connectivity index (χ1) is 12.9. The predicted octanol–water partition coefficient (Wildman–Crippen LogP) is 3.41. The third kappa shape index (κ3) is 6.48. The van der Waals surface area contributed by atoms with Gasteiger partial charge in [-0.25, -0.2) is 0 Å². The van der Waals surface area contributed by atoms with E-state index in [1.807, 2.05) is 4.68 Å². The highest BCUT2D eigenvalue weighted by Crippen LogP contribution is 2.30. The number of rotatable bonds is 8. The Morgan fingerprint density at radius 1 is 1.15 bits per heavy atom. The van der Waals surface area contributed by atoms with Gasteiger partial charge < -0.3 is 14.8 Å². The number of hydrogen-bond donors (Lipinski definition) is 1. The van der Waals surface area contributed by atoms with Gasteiger partial charge in [0.05, 0.1) is 12.2 Å². The van der Waals surface area contributed by atoms with Crippen LogP contribution in [0.25, 0.3) is 11.3 Å². The summed E-state index contributed by atoms with van der Waals surface area (Å²) in [6.45, 7) is 12.1. The molecule has 6 nitrogen and oxygen atoms in total. The molecule has 0 aliphatic heterocycles. The minimum absolute atomic E-state index is 0.338. The second-order valence-corrected chi connectivity index (χ2v) is 6.41. The molecule has 27 heavy (non-hydrogen) atoms. The number of nitrogens with zero attached hydrogens (tertiary/aromatic N) is 2. The van der Waals surface area contributed by atoms with Gasteiger partial charge in [-0.05, 0) is 50.8 Å². The molecule has 150 valence electrons. The largest absolute Gasteiger partial charge is 0.354 e. The van der Waals surface area contributed by atoms with Crippen molar-refractivity contribution in [2.75, 3.05) is 20.8 Å². The summed E-state index contributed by atoms with van der Waals surface area (Å²) in [5.41, 5.74) is 7.78. The van der Waals surface area contributed by atoms with Crippen LogP contribution >= 0.6 is 0 Å². The molecule has 2 aromatic rings. The van der Waals surface area contributed by atoms with Crippen molar-refractivity contribution in [1.82, 2.24) is 15.1 Å². The summed E-state index contributed by atoms with van der Waals surface area (Å²) < 4.78 is 11.6. The van der Waals surface area contributed by atoms with E-state index in [1.165, 1.54) is 42.0 Å². The Kier molecular flexibility index (Phi) is 9.75. The summed E-state index contributed by atoms with van der Waals surface area (Å²) in [6, 6.07) is 4.49. The molecule has 0 spiro atoms. The topological polar surface area (TPSA) is 65.4 Å². The van der Waals surface area contributed by atoms with E-state index in [-0.39, 0.29) is 6.29 Å². The molecule has 1 aromatic heterocycles. The van der Waals surface area contributed by atoms with Gasteiger partial charge in [0.25, 0.3) is 0 Å². The van der Waals surface area contributed by atoms with E-state index in [9.17, 15) is 4.79 Å². The molecule has 0 fully saturated rings. The summed E-state index contributed by atoms with van der Waals surface area (Å²) in [7, 11) is 3.03. The third-order valence-corrected chi connectivity index (χ3v) is 4.35. The standard InChI is InChI=1S/C16H22N2.C5H11NO3/c1-6-14-10-18(7-2)17-16(14)15-12(4)8-11(3)9-13(15)5;1-8-5(9-2)3-6-4-7/h8-10H,6-7H2,1-5H3;4-5H,3H2,1-2H3,(H,6,7). The van der Waals surface area contributed by atoms with Gasteiger partial charge in [0.2, 0.25) is 6.41 Å². The first-order valence-electron chi connectivity index (χ1n) is 9.28. The van der Waals surface area contributed by atoms with Crippen LogP contribution in [0.15, 0.2) is 18.3 Å². The molecule has 0 saturated carbocycles. The molecule has 1 N–H and O–H groups in total. The fraction of sp³-hybridized carbons (Fsp3) is 0.524. The van der Waals surface area contributed by atoms with Gasteiger partial charge in [-0.3, -0.25) is 9.48 Å². The monoisotopic (exact) mass is 375 g/mol. The Labute approximate surface area is 162 Å². The highest BCUT2D eigenvalue weighted by Gasteiger charge is 2.14. The number of carbonyl (C=O) groups excluding carboxylic acids is 1. The molecule has 0 unspecified atom stereocenters. The maximum atomic E-state index is 9.72. The number of ether oxygens (including phenoxy) is 2. The van der Waals surface area contributed by atoms with Crippen LogP contribution in [0, 0.1) is 20.8 Å². The first kappa shape index (κ1) is 22.9. The van der Waals surface area contributed by atoms with Crippen molar-refractivity contribution in [1.29, 1.82) is 0 Å². The second kappa shape index (κ2) is 11.5. The van der Waals surface area contributed by atoms with E-state index >= 15 is 0 Å². The molecule has 1 amide bonds. The average molecular weight is 376 g/mol. The lowest BCUT2D eigenvalue weighted by Crippen LogP contribution is -2.28. The van der Waals surface area contributed by atoms with E-state index < -0.39 is 0 Å². The maximum absolute atomic E-state index is 9.72.